The third-order valence-electron chi connectivity index (χ3n) is 5.07. The molecule has 1 heterocycles. The summed E-state index contributed by atoms with van der Waals surface area (Å²) in [5.41, 5.74) is 11.9. The minimum atomic E-state index is -1.18. The highest BCUT2D eigenvalue weighted by atomic mass is 32.2. The maximum atomic E-state index is 11.6. The van der Waals surface area contributed by atoms with Crippen LogP contribution >= 0.6 is 0 Å². The fraction of sp³-hybridized carbons (Fsp3) is 0.950. The molecular formula is C20H43N5O2S. The highest BCUT2D eigenvalue weighted by Gasteiger charge is 2.11. The number of unbranched alkanes of at least 4 members (excludes halogenated alkanes) is 12. The topological polar surface area (TPSA) is 100 Å². The van der Waals surface area contributed by atoms with Crippen LogP contribution in [0, 0.1) is 0 Å². The number of carbonyl (C=O) groups excluding carboxylic acids is 1. The second-order valence-corrected chi connectivity index (χ2v) is 9.10. The van der Waals surface area contributed by atoms with Gasteiger partial charge < -0.3 is 4.55 Å². The number of hydrogen-bond acceptors (Lipinski definition) is 6. The molecule has 1 aliphatic rings. The molecule has 0 bridgehead atoms. The van der Waals surface area contributed by atoms with Gasteiger partial charge in [-0.25, -0.2) is 10.9 Å². The van der Waals surface area contributed by atoms with Crippen LogP contribution in [0.3, 0.4) is 0 Å². The summed E-state index contributed by atoms with van der Waals surface area (Å²) in [5.74, 6) is 0.491. The fourth-order valence-electron chi connectivity index (χ4n) is 3.42. The predicted octanol–water partition coefficient (Wildman–Crippen LogP) is 3.47. The second-order valence-electron chi connectivity index (χ2n) is 7.80. The number of carbonyl (C=O) groups is 1. The van der Waals surface area contributed by atoms with E-state index in [1.165, 1.54) is 70.6 Å². The van der Waals surface area contributed by atoms with E-state index < -0.39 is 11.4 Å². The summed E-state index contributed by atoms with van der Waals surface area (Å²) in [6.45, 7) is 1.97. The number of amides is 1. The van der Waals surface area contributed by atoms with Crippen molar-refractivity contribution in [3.8, 4) is 0 Å². The van der Waals surface area contributed by atoms with Crippen LogP contribution in [-0.4, -0.2) is 22.4 Å². The van der Waals surface area contributed by atoms with Crippen LogP contribution in [0.2, 0.25) is 0 Å². The average Bonchev–Trinajstić information content (AvgIpc) is 3.18. The standard InChI is InChI=1S/C20H43N5O2S/c1-2-18-28(27)23-20(26)17-15-13-11-9-7-5-3-4-6-8-10-12-14-16-19-21-24-25-22-19/h19,21-22,24-25H,2-18H2,1H3,(H,23,26). The third kappa shape index (κ3) is 15.5. The molecule has 1 rings (SSSR count). The Balaban J connectivity index is 1.71. The summed E-state index contributed by atoms with van der Waals surface area (Å²) in [4.78, 5) is 11.6. The molecule has 0 aromatic carbocycles. The van der Waals surface area contributed by atoms with Crippen molar-refractivity contribution in [1.82, 2.24) is 26.6 Å². The average molecular weight is 418 g/mol. The molecule has 1 unspecified atom stereocenters. The molecule has 7 nitrogen and oxygen atoms in total. The molecule has 0 radical (unpaired) electrons. The van der Waals surface area contributed by atoms with E-state index in [2.05, 4.69) is 26.6 Å². The summed E-state index contributed by atoms with van der Waals surface area (Å²) >= 11 is -1.18. The van der Waals surface area contributed by atoms with Gasteiger partial charge in [0.05, 0.1) is 17.5 Å². The quantitative estimate of drug-likeness (QED) is 0.163. The van der Waals surface area contributed by atoms with Gasteiger partial charge >= 0.3 is 0 Å². The lowest BCUT2D eigenvalue weighted by Gasteiger charge is -2.09. The smallest absolute Gasteiger partial charge is 0.261 e. The Bertz CT molecular complexity index is 371. The van der Waals surface area contributed by atoms with Crippen molar-refractivity contribution in [2.24, 2.45) is 0 Å². The Labute approximate surface area is 175 Å². The van der Waals surface area contributed by atoms with E-state index in [0.29, 0.717) is 18.3 Å². The summed E-state index contributed by atoms with van der Waals surface area (Å²) in [5, 5.41) is 0. The van der Waals surface area contributed by atoms with Crippen LogP contribution in [0.25, 0.3) is 0 Å². The SMILES string of the molecule is CCC[S+]([O-])NC(=O)CCCCCCCCCCCCCCCC1NNNN1. The molecular weight excluding hydrogens is 374 g/mol. The van der Waals surface area contributed by atoms with Gasteiger partial charge in [-0.2, -0.15) is 15.8 Å². The van der Waals surface area contributed by atoms with E-state index >= 15 is 0 Å². The number of nitrogens with one attached hydrogen (secondary N) is 5. The lowest BCUT2D eigenvalue weighted by molar-refractivity contribution is -0.119. The van der Waals surface area contributed by atoms with Crippen molar-refractivity contribution in [2.75, 3.05) is 5.75 Å². The van der Waals surface area contributed by atoms with Crippen LogP contribution in [-0.2, 0) is 16.2 Å². The van der Waals surface area contributed by atoms with Gasteiger partial charge in [0.15, 0.2) is 0 Å². The van der Waals surface area contributed by atoms with Gasteiger partial charge in [0, 0.05) is 6.42 Å². The molecule has 0 aromatic heterocycles. The first-order valence-electron chi connectivity index (χ1n) is 11.4. The summed E-state index contributed by atoms with van der Waals surface area (Å²) < 4.78 is 14.0. The summed E-state index contributed by atoms with van der Waals surface area (Å²) in [6, 6.07) is 0. The van der Waals surface area contributed by atoms with E-state index in [4.69, 9.17) is 0 Å². The molecule has 0 saturated carbocycles. The van der Waals surface area contributed by atoms with Crippen LogP contribution in [0.1, 0.15) is 110 Å². The number of rotatable bonds is 19. The van der Waals surface area contributed by atoms with Gasteiger partial charge in [-0.1, -0.05) is 84.0 Å². The van der Waals surface area contributed by atoms with Crippen LogP contribution in [0.5, 0.6) is 0 Å². The molecule has 28 heavy (non-hydrogen) atoms. The minimum absolute atomic E-state index is 0.0623. The van der Waals surface area contributed by atoms with Crippen molar-refractivity contribution in [1.29, 1.82) is 0 Å². The largest absolute Gasteiger partial charge is 0.593 e. The lowest BCUT2D eigenvalue weighted by Crippen LogP contribution is -2.33. The fourth-order valence-corrected chi connectivity index (χ4v) is 4.25. The van der Waals surface area contributed by atoms with Gasteiger partial charge in [0.2, 0.25) is 0 Å². The monoisotopic (exact) mass is 417 g/mol. The van der Waals surface area contributed by atoms with Crippen molar-refractivity contribution >= 4 is 17.3 Å². The highest BCUT2D eigenvalue weighted by Crippen LogP contribution is 2.13. The molecule has 1 saturated heterocycles. The minimum Gasteiger partial charge on any atom is -0.593 e. The molecule has 0 spiro atoms. The second kappa shape index (κ2) is 18.6. The molecule has 166 valence electrons. The first kappa shape index (κ1) is 25.7. The van der Waals surface area contributed by atoms with Crippen LogP contribution < -0.4 is 26.6 Å². The molecule has 1 aliphatic heterocycles. The van der Waals surface area contributed by atoms with Crippen LogP contribution in [0.15, 0.2) is 0 Å². The van der Waals surface area contributed by atoms with Crippen molar-refractivity contribution in [3.05, 3.63) is 0 Å². The molecule has 8 heteroatoms. The predicted molar refractivity (Wildman–Crippen MR) is 117 cm³/mol. The van der Waals surface area contributed by atoms with Gasteiger partial charge in [0.25, 0.3) is 5.91 Å². The van der Waals surface area contributed by atoms with E-state index in [1.807, 2.05) is 6.92 Å². The Morgan fingerprint density at radius 3 is 1.79 bits per heavy atom. The molecule has 5 N–H and O–H groups in total. The lowest BCUT2D eigenvalue weighted by atomic mass is 10.0. The molecule has 1 amide bonds. The molecule has 1 atom stereocenters. The zero-order chi connectivity index (χ0) is 20.3. The van der Waals surface area contributed by atoms with E-state index in [9.17, 15) is 9.35 Å². The van der Waals surface area contributed by atoms with Crippen molar-refractivity contribution in [2.45, 2.75) is 116 Å². The van der Waals surface area contributed by atoms with Crippen molar-refractivity contribution < 1.29 is 9.35 Å². The highest BCUT2D eigenvalue weighted by molar-refractivity contribution is 7.90. The normalized spacial score (nSPS) is 15.8. The Morgan fingerprint density at radius 1 is 0.821 bits per heavy atom. The molecule has 0 aromatic rings. The first-order chi connectivity index (χ1) is 13.7. The van der Waals surface area contributed by atoms with Gasteiger partial charge in [-0.15, -0.1) is 0 Å². The van der Waals surface area contributed by atoms with E-state index in [0.717, 1.165) is 25.7 Å². The van der Waals surface area contributed by atoms with Crippen molar-refractivity contribution in [3.63, 3.8) is 0 Å². The Morgan fingerprint density at radius 2 is 1.29 bits per heavy atom. The Hall–Kier alpha value is -0.380. The summed E-state index contributed by atoms with van der Waals surface area (Å²) in [7, 11) is 0. The van der Waals surface area contributed by atoms with Gasteiger partial charge in [-0.05, 0) is 19.3 Å². The zero-order valence-electron chi connectivity index (χ0n) is 17.8. The summed E-state index contributed by atoms with van der Waals surface area (Å²) in [6.07, 6.45) is 19.4. The Kier molecular flexibility index (Phi) is 17.1. The van der Waals surface area contributed by atoms with E-state index in [-0.39, 0.29) is 5.91 Å². The maximum Gasteiger partial charge on any atom is 0.261 e. The van der Waals surface area contributed by atoms with Gasteiger partial charge in [-0.3, -0.25) is 4.79 Å². The zero-order valence-corrected chi connectivity index (χ0v) is 18.6. The molecule has 1 fully saturated rings. The molecule has 0 aliphatic carbocycles. The number of hydrogen-bond donors (Lipinski definition) is 5. The van der Waals surface area contributed by atoms with Crippen LogP contribution in [0.4, 0.5) is 0 Å². The maximum absolute atomic E-state index is 11.6. The number of hydrazine groups is 3. The third-order valence-corrected chi connectivity index (χ3v) is 6.30. The first-order valence-corrected chi connectivity index (χ1v) is 12.7. The van der Waals surface area contributed by atoms with Gasteiger partial charge in [0.1, 0.15) is 5.75 Å². The van der Waals surface area contributed by atoms with E-state index in [1.54, 1.807) is 0 Å².